The van der Waals surface area contributed by atoms with Crippen LogP contribution in [0.2, 0.25) is 0 Å². The van der Waals surface area contributed by atoms with Crippen molar-refractivity contribution in [2.24, 2.45) is 0 Å². The predicted octanol–water partition coefficient (Wildman–Crippen LogP) is 4.68. The van der Waals surface area contributed by atoms with Crippen LogP contribution in [0.15, 0.2) is 12.7 Å². The Kier molecular flexibility index (Phi) is 11.0. The zero-order valence-electron chi connectivity index (χ0n) is 11.6. The molecule has 96 valence electrons. The van der Waals surface area contributed by atoms with Crippen LogP contribution in [0.1, 0.15) is 72.1 Å². The zero-order valence-corrected chi connectivity index (χ0v) is 11.6. The minimum absolute atomic E-state index is 0.620. The number of hydrogen-bond donors (Lipinski definition) is 1. The number of allylic oxidation sites excluding steroid dienone is 1. The lowest BCUT2D eigenvalue weighted by molar-refractivity contribution is 0.392. The third-order valence-corrected chi connectivity index (χ3v) is 2.94. The van der Waals surface area contributed by atoms with Crippen LogP contribution >= 0.6 is 0 Å². The largest absolute Gasteiger partial charge is 0.312 e. The molecule has 0 aromatic rings. The van der Waals surface area contributed by atoms with E-state index in [-0.39, 0.29) is 0 Å². The molecule has 0 rings (SSSR count). The number of hydrogen-bond acceptors (Lipinski definition) is 1. The fourth-order valence-electron chi connectivity index (χ4n) is 2.09. The van der Waals surface area contributed by atoms with Crippen molar-refractivity contribution in [2.75, 3.05) is 0 Å². The van der Waals surface area contributed by atoms with E-state index in [0.717, 1.165) is 6.04 Å². The monoisotopic (exact) mass is 225 g/mol. The Morgan fingerprint density at radius 3 is 2.31 bits per heavy atom. The van der Waals surface area contributed by atoms with E-state index in [1.807, 2.05) is 6.08 Å². The van der Waals surface area contributed by atoms with E-state index in [1.54, 1.807) is 0 Å². The van der Waals surface area contributed by atoms with E-state index >= 15 is 0 Å². The molecule has 0 aromatic heterocycles. The number of nitrogens with one attached hydrogen (secondary N) is 1. The van der Waals surface area contributed by atoms with Crippen molar-refractivity contribution in [1.82, 2.24) is 5.32 Å². The average molecular weight is 225 g/mol. The molecule has 0 aromatic carbocycles. The molecule has 0 aliphatic rings. The van der Waals surface area contributed by atoms with E-state index in [9.17, 15) is 0 Å². The van der Waals surface area contributed by atoms with E-state index in [1.165, 1.54) is 51.4 Å². The summed E-state index contributed by atoms with van der Waals surface area (Å²) in [5, 5.41) is 3.69. The van der Waals surface area contributed by atoms with Gasteiger partial charge in [0.1, 0.15) is 0 Å². The highest BCUT2D eigenvalue weighted by Crippen LogP contribution is 2.11. The van der Waals surface area contributed by atoms with Gasteiger partial charge in [0.15, 0.2) is 0 Å². The van der Waals surface area contributed by atoms with E-state index in [0.29, 0.717) is 6.04 Å². The molecule has 0 radical (unpaired) electrons. The summed E-state index contributed by atoms with van der Waals surface area (Å²) in [4.78, 5) is 0. The van der Waals surface area contributed by atoms with Gasteiger partial charge in [-0.1, -0.05) is 52.5 Å². The van der Waals surface area contributed by atoms with Gasteiger partial charge in [0.25, 0.3) is 0 Å². The molecular weight excluding hydrogens is 194 g/mol. The molecule has 1 heteroatoms. The van der Waals surface area contributed by atoms with Crippen LogP contribution in [0.4, 0.5) is 0 Å². The predicted molar refractivity (Wildman–Crippen MR) is 74.9 cm³/mol. The standard InChI is InChI=1S/C15H31N/c1-5-7-9-10-11-13-15(12-8-6-2)16-14(3)4/h5,14-16H,1,6-13H2,2-4H3. The molecule has 1 atom stereocenters. The third-order valence-electron chi connectivity index (χ3n) is 2.94. The van der Waals surface area contributed by atoms with Crippen molar-refractivity contribution in [3.8, 4) is 0 Å². The van der Waals surface area contributed by atoms with Crippen LogP contribution in [-0.4, -0.2) is 12.1 Å². The molecule has 16 heavy (non-hydrogen) atoms. The van der Waals surface area contributed by atoms with Gasteiger partial charge in [-0.05, 0) is 25.7 Å². The highest BCUT2D eigenvalue weighted by atomic mass is 14.9. The molecule has 1 N–H and O–H groups in total. The first-order valence-electron chi connectivity index (χ1n) is 7.07. The first kappa shape index (κ1) is 15.7. The molecule has 0 amide bonds. The smallest absolute Gasteiger partial charge is 0.00694 e. The summed E-state index contributed by atoms with van der Waals surface area (Å²) in [5.41, 5.74) is 0. The maximum atomic E-state index is 3.76. The Balaban J connectivity index is 3.60. The summed E-state index contributed by atoms with van der Waals surface area (Å²) in [6.07, 6.45) is 12.6. The van der Waals surface area contributed by atoms with Crippen LogP contribution in [0.25, 0.3) is 0 Å². The fraction of sp³-hybridized carbons (Fsp3) is 0.867. The normalized spacial score (nSPS) is 13.0. The maximum Gasteiger partial charge on any atom is 0.00694 e. The summed E-state index contributed by atoms with van der Waals surface area (Å²) >= 11 is 0. The second-order valence-corrected chi connectivity index (χ2v) is 5.09. The molecule has 0 aliphatic heterocycles. The van der Waals surface area contributed by atoms with Gasteiger partial charge in [-0.15, -0.1) is 6.58 Å². The minimum atomic E-state index is 0.620. The Morgan fingerprint density at radius 1 is 1.06 bits per heavy atom. The second kappa shape index (κ2) is 11.2. The van der Waals surface area contributed by atoms with Crippen molar-refractivity contribution in [3.05, 3.63) is 12.7 Å². The lowest BCUT2D eigenvalue weighted by Gasteiger charge is -2.21. The van der Waals surface area contributed by atoms with Crippen molar-refractivity contribution in [1.29, 1.82) is 0 Å². The van der Waals surface area contributed by atoms with Crippen LogP contribution in [0.3, 0.4) is 0 Å². The maximum absolute atomic E-state index is 3.76. The molecular formula is C15H31N. The first-order valence-corrected chi connectivity index (χ1v) is 7.07. The summed E-state index contributed by atoms with van der Waals surface area (Å²) in [5.74, 6) is 0. The van der Waals surface area contributed by atoms with E-state index < -0.39 is 0 Å². The van der Waals surface area contributed by atoms with Crippen molar-refractivity contribution in [3.63, 3.8) is 0 Å². The quantitative estimate of drug-likeness (QED) is 0.398. The van der Waals surface area contributed by atoms with Crippen LogP contribution in [-0.2, 0) is 0 Å². The average Bonchev–Trinajstić information content (AvgIpc) is 2.24. The fourth-order valence-corrected chi connectivity index (χ4v) is 2.09. The first-order chi connectivity index (χ1) is 7.70. The van der Waals surface area contributed by atoms with Crippen molar-refractivity contribution < 1.29 is 0 Å². The molecule has 0 saturated carbocycles. The van der Waals surface area contributed by atoms with Gasteiger partial charge in [0, 0.05) is 12.1 Å². The van der Waals surface area contributed by atoms with Crippen molar-refractivity contribution in [2.45, 2.75) is 84.2 Å². The summed E-state index contributed by atoms with van der Waals surface area (Å²) in [6, 6.07) is 1.36. The Bertz CT molecular complexity index is 152. The van der Waals surface area contributed by atoms with Crippen LogP contribution in [0.5, 0.6) is 0 Å². The van der Waals surface area contributed by atoms with Crippen LogP contribution in [0, 0.1) is 0 Å². The topological polar surface area (TPSA) is 12.0 Å². The molecule has 0 aliphatic carbocycles. The summed E-state index contributed by atoms with van der Waals surface area (Å²) in [7, 11) is 0. The molecule has 0 bridgehead atoms. The Morgan fingerprint density at radius 2 is 1.75 bits per heavy atom. The van der Waals surface area contributed by atoms with Gasteiger partial charge in [0.2, 0.25) is 0 Å². The van der Waals surface area contributed by atoms with Gasteiger partial charge >= 0.3 is 0 Å². The SMILES string of the molecule is C=CCCCCCC(CCCC)NC(C)C. The lowest BCUT2D eigenvalue weighted by Crippen LogP contribution is -2.34. The summed E-state index contributed by atoms with van der Waals surface area (Å²) < 4.78 is 0. The Labute approximate surface area is 103 Å². The van der Waals surface area contributed by atoms with Gasteiger partial charge in [0.05, 0.1) is 0 Å². The summed E-state index contributed by atoms with van der Waals surface area (Å²) in [6.45, 7) is 10.5. The minimum Gasteiger partial charge on any atom is -0.312 e. The highest BCUT2D eigenvalue weighted by Gasteiger charge is 2.08. The molecule has 0 saturated heterocycles. The Hall–Kier alpha value is -0.300. The van der Waals surface area contributed by atoms with E-state index in [4.69, 9.17) is 0 Å². The second-order valence-electron chi connectivity index (χ2n) is 5.09. The number of unbranched alkanes of at least 4 members (excludes halogenated alkanes) is 4. The van der Waals surface area contributed by atoms with Crippen molar-refractivity contribution >= 4 is 0 Å². The molecule has 0 heterocycles. The van der Waals surface area contributed by atoms with Gasteiger partial charge in [-0.3, -0.25) is 0 Å². The van der Waals surface area contributed by atoms with Gasteiger partial charge in [-0.2, -0.15) is 0 Å². The molecule has 1 unspecified atom stereocenters. The molecule has 0 fully saturated rings. The molecule has 1 nitrogen and oxygen atoms in total. The third kappa shape index (κ3) is 10.2. The lowest BCUT2D eigenvalue weighted by atomic mass is 10.0. The number of rotatable bonds is 11. The highest BCUT2D eigenvalue weighted by molar-refractivity contribution is 4.70. The zero-order chi connectivity index (χ0) is 12.2. The molecule has 0 spiro atoms. The van der Waals surface area contributed by atoms with Gasteiger partial charge in [-0.25, -0.2) is 0 Å². The van der Waals surface area contributed by atoms with E-state index in [2.05, 4.69) is 32.7 Å². The van der Waals surface area contributed by atoms with Crippen LogP contribution < -0.4 is 5.32 Å². The van der Waals surface area contributed by atoms with Gasteiger partial charge < -0.3 is 5.32 Å².